The first-order valence-corrected chi connectivity index (χ1v) is 7.22. The van der Waals surface area contributed by atoms with Crippen molar-refractivity contribution in [3.63, 3.8) is 0 Å². The number of ether oxygens (including phenoxy) is 1. The fourth-order valence-electron chi connectivity index (χ4n) is 1.51. The molecule has 0 amide bonds. The van der Waals surface area contributed by atoms with Crippen molar-refractivity contribution in [1.82, 2.24) is 15.5 Å². The van der Waals surface area contributed by atoms with Crippen LogP contribution in [0.5, 0.6) is 0 Å². The topological polar surface area (TPSA) is 60.2 Å². The molecule has 0 aliphatic carbocycles. The molecule has 5 nitrogen and oxygen atoms in total. The summed E-state index contributed by atoms with van der Waals surface area (Å²) in [6.07, 6.45) is 3.84. The number of nitrogens with zero attached hydrogens (tertiary/aromatic N) is 2. The molecule has 0 aromatic carbocycles. The van der Waals surface area contributed by atoms with Gasteiger partial charge in [-0.15, -0.1) is 0 Å². The van der Waals surface area contributed by atoms with E-state index < -0.39 is 0 Å². The largest absolute Gasteiger partial charge is 0.383 e. The summed E-state index contributed by atoms with van der Waals surface area (Å²) in [7, 11) is 1.70. The standard InChI is InChI=1S/C11H21N3O2S/c1-4-5-12-9(7-15-2)6-11-13-10(8-17-3)14-16-11/h9,12H,4-8H2,1-3H3. The highest BCUT2D eigenvalue weighted by Gasteiger charge is 2.13. The zero-order chi connectivity index (χ0) is 12.5. The minimum Gasteiger partial charge on any atom is -0.383 e. The summed E-state index contributed by atoms with van der Waals surface area (Å²) in [6, 6.07) is 0.238. The Labute approximate surface area is 107 Å². The number of rotatable bonds is 9. The lowest BCUT2D eigenvalue weighted by molar-refractivity contribution is 0.161. The average Bonchev–Trinajstić information content (AvgIpc) is 2.74. The molecule has 1 rings (SSSR count). The molecular weight excluding hydrogens is 238 g/mol. The summed E-state index contributed by atoms with van der Waals surface area (Å²) in [6.45, 7) is 3.76. The van der Waals surface area contributed by atoms with E-state index in [1.54, 1.807) is 18.9 Å². The average molecular weight is 259 g/mol. The number of methoxy groups -OCH3 is 1. The van der Waals surface area contributed by atoms with Crippen molar-refractivity contribution in [2.45, 2.75) is 31.6 Å². The molecule has 17 heavy (non-hydrogen) atoms. The Bertz CT molecular complexity index is 307. The van der Waals surface area contributed by atoms with Gasteiger partial charge in [0.05, 0.1) is 12.4 Å². The SMILES string of the molecule is CCCNC(COC)Cc1nc(CSC)no1. The highest BCUT2D eigenvalue weighted by molar-refractivity contribution is 7.97. The first-order chi connectivity index (χ1) is 8.30. The van der Waals surface area contributed by atoms with Gasteiger partial charge in [0.2, 0.25) is 5.89 Å². The predicted octanol–water partition coefficient (Wildman–Crippen LogP) is 1.49. The molecule has 1 aromatic rings. The van der Waals surface area contributed by atoms with Crippen LogP contribution in [0.4, 0.5) is 0 Å². The number of hydrogen-bond acceptors (Lipinski definition) is 6. The van der Waals surface area contributed by atoms with Crippen molar-refractivity contribution in [3.05, 3.63) is 11.7 Å². The Morgan fingerprint density at radius 2 is 2.35 bits per heavy atom. The van der Waals surface area contributed by atoms with Gasteiger partial charge < -0.3 is 14.6 Å². The third-order valence-corrected chi connectivity index (χ3v) is 2.80. The lowest BCUT2D eigenvalue weighted by Crippen LogP contribution is -2.35. The maximum Gasteiger partial charge on any atom is 0.228 e. The van der Waals surface area contributed by atoms with Gasteiger partial charge in [-0.05, 0) is 19.2 Å². The Balaban J connectivity index is 2.46. The molecule has 1 atom stereocenters. The van der Waals surface area contributed by atoms with Gasteiger partial charge in [0.25, 0.3) is 0 Å². The quantitative estimate of drug-likeness (QED) is 0.725. The van der Waals surface area contributed by atoms with Crippen LogP contribution in [0.25, 0.3) is 0 Å². The van der Waals surface area contributed by atoms with Crippen LogP contribution < -0.4 is 5.32 Å². The number of nitrogens with one attached hydrogen (secondary N) is 1. The molecule has 1 N–H and O–H groups in total. The lowest BCUT2D eigenvalue weighted by atomic mass is 10.2. The van der Waals surface area contributed by atoms with Gasteiger partial charge in [0, 0.05) is 19.6 Å². The van der Waals surface area contributed by atoms with Gasteiger partial charge in [-0.1, -0.05) is 12.1 Å². The van der Waals surface area contributed by atoms with E-state index in [4.69, 9.17) is 9.26 Å². The molecule has 6 heteroatoms. The van der Waals surface area contributed by atoms with Crippen LogP contribution in [0, 0.1) is 0 Å². The molecule has 98 valence electrons. The van der Waals surface area contributed by atoms with Crippen LogP contribution in [0.2, 0.25) is 0 Å². The second-order valence-electron chi connectivity index (χ2n) is 3.85. The van der Waals surface area contributed by atoms with E-state index in [0.29, 0.717) is 12.5 Å². The van der Waals surface area contributed by atoms with Crippen molar-refractivity contribution in [2.75, 3.05) is 26.5 Å². The summed E-state index contributed by atoms with van der Waals surface area (Å²) in [5, 5.41) is 7.33. The van der Waals surface area contributed by atoms with E-state index in [0.717, 1.165) is 31.0 Å². The van der Waals surface area contributed by atoms with Gasteiger partial charge in [0.15, 0.2) is 5.82 Å². The molecule has 1 aromatic heterocycles. The molecule has 1 heterocycles. The van der Waals surface area contributed by atoms with E-state index in [2.05, 4.69) is 22.4 Å². The fourth-order valence-corrected chi connectivity index (χ4v) is 1.89. The maximum absolute atomic E-state index is 5.20. The second kappa shape index (κ2) is 8.49. The molecule has 0 aliphatic heterocycles. The van der Waals surface area contributed by atoms with Gasteiger partial charge in [-0.25, -0.2) is 0 Å². The Hall–Kier alpha value is -0.590. The number of hydrogen-bond donors (Lipinski definition) is 1. The second-order valence-corrected chi connectivity index (χ2v) is 4.71. The zero-order valence-corrected chi connectivity index (χ0v) is 11.5. The van der Waals surface area contributed by atoms with Crippen LogP contribution >= 0.6 is 11.8 Å². The molecule has 0 spiro atoms. The lowest BCUT2D eigenvalue weighted by Gasteiger charge is -2.15. The van der Waals surface area contributed by atoms with Crippen molar-refractivity contribution in [2.24, 2.45) is 0 Å². The third kappa shape index (κ3) is 5.52. The highest BCUT2D eigenvalue weighted by Crippen LogP contribution is 2.07. The van der Waals surface area contributed by atoms with E-state index in [-0.39, 0.29) is 6.04 Å². The normalized spacial score (nSPS) is 12.9. The summed E-state index contributed by atoms with van der Waals surface area (Å²) in [4.78, 5) is 4.34. The van der Waals surface area contributed by atoms with Crippen molar-refractivity contribution in [3.8, 4) is 0 Å². The van der Waals surface area contributed by atoms with Gasteiger partial charge in [-0.2, -0.15) is 16.7 Å². The molecule has 0 aliphatic rings. The molecule has 0 saturated heterocycles. The van der Waals surface area contributed by atoms with Crippen molar-refractivity contribution >= 4 is 11.8 Å². The highest BCUT2D eigenvalue weighted by atomic mass is 32.2. The predicted molar refractivity (Wildman–Crippen MR) is 69.2 cm³/mol. The minimum atomic E-state index is 0.238. The monoisotopic (exact) mass is 259 g/mol. The minimum absolute atomic E-state index is 0.238. The maximum atomic E-state index is 5.20. The summed E-state index contributed by atoms with van der Waals surface area (Å²) in [5.74, 6) is 2.24. The van der Waals surface area contributed by atoms with Gasteiger partial charge >= 0.3 is 0 Å². The fraction of sp³-hybridized carbons (Fsp3) is 0.818. The van der Waals surface area contributed by atoms with Crippen molar-refractivity contribution in [1.29, 1.82) is 0 Å². The van der Waals surface area contributed by atoms with Crippen LogP contribution in [0.1, 0.15) is 25.1 Å². The first kappa shape index (κ1) is 14.5. The van der Waals surface area contributed by atoms with E-state index in [1.807, 2.05) is 6.26 Å². The molecule has 0 saturated carbocycles. The van der Waals surface area contributed by atoms with Crippen LogP contribution in [0.15, 0.2) is 4.52 Å². The molecule has 0 bridgehead atoms. The summed E-state index contributed by atoms with van der Waals surface area (Å²) >= 11 is 1.69. The summed E-state index contributed by atoms with van der Waals surface area (Å²) in [5.41, 5.74) is 0. The Morgan fingerprint density at radius 1 is 1.53 bits per heavy atom. The third-order valence-electron chi connectivity index (χ3n) is 2.26. The van der Waals surface area contributed by atoms with E-state index in [9.17, 15) is 0 Å². The number of aromatic nitrogens is 2. The van der Waals surface area contributed by atoms with Crippen LogP contribution in [-0.4, -0.2) is 42.7 Å². The molecular formula is C11H21N3O2S. The van der Waals surface area contributed by atoms with Crippen LogP contribution in [0.3, 0.4) is 0 Å². The van der Waals surface area contributed by atoms with E-state index >= 15 is 0 Å². The Morgan fingerprint density at radius 3 is 3.00 bits per heavy atom. The zero-order valence-electron chi connectivity index (χ0n) is 10.7. The molecule has 0 fully saturated rings. The number of thioether (sulfide) groups is 1. The summed E-state index contributed by atoms with van der Waals surface area (Å²) < 4.78 is 10.4. The molecule has 0 radical (unpaired) electrons. The van der Waals surface area contributed by atoms with E-state index in [1.165, 1.54) is 0 Å². The molecule has 1 unspecified atom stereocenters. The Kier molecular flexibility index (Phi) is 7.23. The van der Waals surface area contributed by atoms with Gasteiger partial charge in [-0.3, -0.25) is 0 Å². The van der Waals surface area contributed by atoms with Crippen LogP contribution in [-0.2, 0) is 16.9 Å². The smallest absolute Gasteiger partial charge is 0.228 e. The first-order valence-electron chi connectivity index (χ1n) is 5.82. The van der Waals surface area contributed by atoms with Crippen molar-refractivity contribution < 1.29 is 9.26 Å². The van der Waals surface area contributed by atoms with Gasteiger partial charge in [0.1, 0.15) is 0 Å².